The zero-order valence-electron chi connectivity index (χ0n) is 16.1. The second kappa shape index (κ2) is 9.26. The van der Waals surface area contributed by atoms with E-state index in [2.05, 4.69) is 22.8 Å². The summed E-state index contributed by atoms with van der Waals surface area (Å²) in [6.45, 7) is 3.88. The van der Waals surface area contributed by atoms with Crippen LogP contribution in [0.3, 0.4) is 0 Å². The first-order chi connectivity index (χ1) is 12.7. The maximum Gasteiger partial charge on any atom is 0.317 e. The van der Waals surface area contributed by atoms with Crippen LogP contribution in [-0.2, 0) is 11.3 Å². The summed E-state index contributed by atoms with van der Waals surface area (Å²) in [6.07, 6.45) is 9.12. The quantitative estimate of drug-likeness (QED) is 0.755. The van der Waals surface area contributed by atoms with Gasteiger partial charge in [0.15, 0.2) is 0 Å². The molecule has 2 N–H and O–H groups in total. The first kappa shape index (κ1) is 19.0. The summed E-state index contributed by atoms with van der Waals surface area (Å²) in [4.78, 5) is 14.6. The molecule has 0 unspecified atom stereocenters. The number of carbonyl (C=O) groups is 1. The number of anilines is 1. The van der Waals surface area contributed by atoms with Crippen molar-refractivity contribution in [2.24, 2.45) is 5.41 Å². The van der Waals surface area contributed by atoms with Crippen molar-refractivity contribution >= 4 is 11.7 Å². The number of benzene rings is 1. The molecule has 1 spiro atoms. The Hall–Kier alpha value is -1.75. The SMILES string of the molecule is COCCNc1ccc(CNC(=O)N2CCCC3(CCCC3)CC2)cc1. The van der Waals surface area contributed by atoms with Gasteiger partial charge in [0.2, 0.25) is 0 Å². The van der Waals surface area contributed by atoms with E-state index in [1.54, 1.807) is 7.11 Å². The van der Waals surface area contributed by atoms with Crippen molar-refractivity contribution in [3.8, 4) is 0 Å². The second-order valence-corrected chi connectivity index (χ2v) is 7.82. The Morgan fingerprint density at radius 2 is 1.81 bits per heavy atom. The molecule has 26 heavy (non-hydrogen) atoms. The number of likely N-dealkylation sites (tertiary alicyclic amines) is 1. The molecule has 1 saturated carbocycles. The van der Waals surface area contributed by atoms with Gasteiger partial charge in [-0.2, -0.15) is 0 Å². The molecule has 5 nitrogen and oxygen atoms in total. The van der Waals surface area contributed by atoms with Crippen LogP contribution in [0, 0.1) is 5.41 Å². The Bertz CT molecular complexity index is 567. The second-order valence-electron chi connectivity index (χ2n) is 7.82. The lowest BCUT2D eigenvalue weighted by atomic mass is 9.79. The monoisotopic (exact) mass is 359 g/mol. The number of urea groups is 1. The van der Waals surface area contributed by atoms with Gasteiger partial charge < -0.3 is 20.3 Å². The van der Waals surface area contributed by atoms with Gasteiger partial charge in [0.1, 0.15) is 0 Å². The van der Waals surface area contributed by atoms with Crippen molar-refractivity contribution in [3.05, 3.63) is 29.8 Å². The molecule has 5 heteroatoms. The van der Waals surface area contributed by atoms with Crippen LogP contribution in [-0.4, -0.2) is 44.3 Å². The number of methoxy groups -OCH3 is 1. The van der Waals surface area contributed by atoms with Crippen LogP contribution < -0.4 is 10.6 Å². The third kappa shape index (κ3) is 5.13. The van der Waals surface area contributed by atoms with E-state index < -0.39 is 0 Å². The van der Waals surface area contributed by atoms with Crippen molar-refractivity contribution in [2.75, 3.05) is 38.7 Å². The molecule has 0 atom stereocenters. The van der Waals surface area contributed by atoms with Crippen LogP contribution in [0.15, 0.2) is 24.3 Å². The maximum atomic E-state index is 12.6. The lowest BCUT2D eigenvalue weighted by Gasteiger charge is -2.27. The summed E-state index contributed by atoms with van der Waals surface area (Å²) in [5, 5.41) is 6.39. The van der Waals surface area contributed by atoms with E-state index in [-0.39, 0.29) is 6.03 Å². The molecule has 1 aliphatic heterocycles. The Morgan fingerprint density at radius 1 is 1.08 bits per heavy atom. The largest absolute Gasteiger partial charge is 0.383 e. The van der Waals surface area contributed by atoms with Crippen LogP contribution in [0.2, 0.25) is 0 Å². The molecule has 2 fully saturated rings. The Labute approximate surface area is 157 Å². The number of hydrogen-bond donors (Lipinski definition) is 2. The van der Waals surface area contributed by atoms with Gasteiger partial charge in [0.05, 0.1) is 6.61 Å². The smallest absolute Gasteiger partial charge is 0.317 e. The van der Waals surface area contributed by atoms with Crippen LogP contribution in [0.5, 0.6) is 0 Å². The number of amides is 2. The minimum Gasteiger partial charge on any atom is -0.383 e. The molecule has 0 aromatic heterocycles. The molecule has 0 radical (unpaired) electrons. The molecular weight excluding hydrogens is 326 g/mol. The molecule has 1 aliphatic carbocycles. The van der Waals surface area contributed by atoms with Crippen molar-refractivity contribution in [1.29, 1.82) is 0 Å². The maximum absolute atomic E-state index is 12.6. The third-order valence-electron chi connectivity index (χ3n) is 6.03. The molecule has 144 valence electrons. The fourth-order valence-electron chi connectivity index (χ4n) is 4.41. The van der Waals surface area contributed by atoms with Gasteiger partial charge in [-0.25, -0.2) is 4.79 Å². The van der Waals surface area contributed by atoms with E-state index in [1.807, 2.05) is 17.0 Å². The number of hydrogen-bond acceptors (Lipinski definition) is 3. The Balaban J connectivity index is 1.43. The van der Waals surface area contributed by atoms with E-state index >= 15 is 0 Å². The molecule has 1 aromatic carbocycles. The molecule has 0 bridgehead atoms. The van der Waals surface area contributed by atoms with E-state index in [4.69, 9.17) is 4.74 Å². The van der Waals surface area contributed by atoms with E-state index in [0.29, 0.717) is 18.6 Å². The predicted octanol–water partition coefficient (Wildman–Crippen LogP) is 4.00. The topological polar surface area (TPSA) is 53.6 Å². The molecule has 3 rings (SSSR count). The Kier molecular flexibility index (Phi) is 6.78. The summed E-state index contributed by atoms with van der Waals surface area (Å²) >= 11 is 0. The predicted molar refractivity (Wildman–Crippen MR) is 105 cm³/mol. The molecular formula is C21H33N3O2. The normalized spacial score (nSPS) is 19.3. The van der Waals surface area contributed by atoms with Crippen molar-refractivity contribution in [3.63, 3.8) is 0 Å². The highest BCUT2D eigenvalue weighted by Crippen LogP contribution is 2.46. The van der Waals surface area contributed by atoms with Gasteiger partial charge in [0, 0.05) is 39.0 Å². The average Bonchev–Trinajstić information content (AvgIpc) is 3.01. The number of nitrogens with zero attached hydrogens (tertiary/aromatic N) is 1. The van der Waals surface area contributed by atoms with Crippen molar-refractivity contribution in [2.45, 2.75) is 51.5 Å². The number of carbonyl (C=O) groups excluding carboxylic acids is 1. The van der Waals surface area contributed by atoms with Crippen LogP contribution >= 0.6 is 0 Å². The van der Waals surface area contributed by atoms with Gasteiger partial charge in [-0.3, -0.25) is 0 Å². The van der Waals surface area contributed by atoms with Gasteiger partial charge in [-0.1, -0.05) is 25.0 Å². The number of nitrogens with one attached hydrogen (secondary N) is 2. The van der Waals surface area contributed by atoms with Crippen molar-refractivity contribution < 1.29 is 9.53 Å². The lowest BCUT2D eigenvalue weighted by Crippen LogP contribution is -2.40. The van der Waals surface area contributed by atoms with Gasteiger partial charge in [0.25, 0.3) is 0 Å². The standard InChI is InChI=1S/C21H33N3O2/c1-26-16-13-22-19-7-5-18(6-8-19)17-23-20(25)24-14-4-11-21(12-15-24)9-2-3-10-21/h5-8,22H,2-4,9-17H2,1H3,(H,23,25). The molecule has 1 heterocycles. The van der Waals surface area contributed by atoms with E-state index in [1.165, 1.54) is 38.5 Å². The zero-order chi connectivity index (χ0) is 18.2. The average molecular weight is 360 g/mol. The fourth-order valence-corrected chi connectivity index (χ4v) is 4.41. The summed E-state index contributed by atoms with van der Waals surface area (Å²) in [7, 11) is 1.70. The highest BCUT2D eigenvalue weighted by atomic mass is 16.5. The number of ether oxygens (including phenoxy) is 1. The number of rotatable bonds is 6. The van der Waals surface area contributed by atoms with Crippen LogP contribution in [0.4, 0.5) is 10.5 Å². The minimum atomic E-state index is 0.0855. The summed E-state index contributed by atoms with van der Waals surface area (Å²) < 4.78 is 5.03. The van der Waals surface area contributed by atoms with Gasteiger partial charge >= 0.3 is 6.03 Å². The van der Waals surface area contributed by atoms with E-state index in [0.717, 1.165) is 37.3 Å². The zero-order valence-corrected chi connectivity index (χ0v) is 16.1. The molecule has 1 saturated heterocycles. The molecule has 2 aliphatic rings. The fraction of sp³-hybridized carbons (Fsp3) is 0.667. The van der Waals surface area contributed by atoms with Gasteiger partial charge in [-0.05, 0) is 55.2 Å². The minimum absolute atomic E-state index is 0.0855. The van der Waals surface area contributed by atoms with E-state index in [9.17, 15) is 4.79 Å². The summed E-state index contributed by atoms with van der Waals surface area (Å²) in [6, 6.07) is 8.30. The van der Waals surface area contributed by atoms with Crippen LogP contribution in [0.1, 0.15) is 50.5 Å². The molecule has 1 aromatic rings. The molecule has 2 amide bonds. The Morgan fingerprint density at radius 3 is 2.54 bits per heavy atom. The lowest BCUT2D eigenvalue weighted by molar-refractivity contribution is 0.194. The first-order valence-corrected chi connectivity index (χ1v) is 10.1. The third-order valence-corrected chi connectivity index (χ3v) is 6.03. The summed E-state index contributed by atoms with van der Waals surface area (Å²) in [5.74, 6) is 0. The first-order valence-electron chi connectivity index (χ1n) is 10.1. The van der Waals surface area contributed by atoms with Crippen molar-refractivity contribution in [1.82, 2.24) is 10.2 Å². The van der Waals surface area contributed by atoms with Crippen LogP contribution in [0.25, 0.3) is 0 Å². The van der Waals surface area contributed by atoms with Gasteiger partial charge in [-0.15, -0.1) is 0 Å². The highest BCUT2D eigenvalue weighted by Gasteiger charge is 2.35. The summed E-state index contributed by atoms with van der Waals surface area (Å²) in [5.41, 5.74) is 2.74. The highest BCUT2D eigenvalue weighted by molar-refractivity contribution is 5.74.